The number of aliphatic hydroxyl groups is 1. The molecule has 1 heterocycles. The van der Waals surface area contributed by atoms with Crippen LogP contribution >= 0.6 is 0 Å². The summed E-state index contributed by atoms with van der Waals surface area (Å²) in [6, 6.07) is 5.86. The van der Waals surface area contributed by atoms with Crippen LogP contribution in [0.15, 0.2) is 28.8 Å². The van der Waals surface area contributed by atoms with Crippen molar-refractivity contribution in [2.75, 3.05) is 0 Å². The number of ether oxygens (including phenoxy) is 1. The van der Waals surface area contributed by atoms with Crippen LogP contribution in [0.1, 0.15) is 5.82 Å². The standard InChI is InChI=1S/C10H8F2N2O3/c11-10(12)16-7-3-1-2-6(4-7)9-13-8(5-15)14-17-9/h1-4,10,15H,5H2. The average molecular weight is 242 g/mol. The summed E-state index contributed by atoms with van der Waals surface area (Å²) >= 11 is 0. The zero-order chi connectivity index (χ0) is 12.3. The van der Waals surface area contributed by atoms with E-state index in [1.807, 2.05) is 0 Å². The van der Waals surface area contributed by atoms with Gasteiger partial charge in [-0.05, 0) is 18.2 Å². The molecule has 0 fully saturated rings. The maximum Gasteiger partial charge on any atom is 0.387 e. The average Bonchev–Trinajstić information content (AvgIpc) is 2.77. The molecule has 0 aliphatic rings. The van der Waals surface area contributed by atoms with Gasteiger partial charge in [-0.2, -0.15) is 13.8 Å². The fraction of sp³-hybridized carbons (Fsp3) is 0.200. The number of benzene rings is 1. The summed E-state index contributed by atoms with van der Waals surface area (Å²) in [6.45, 7) is -3.24. The van der Waals surface area contributed by atoms with Crippen LogP contribution in [-0.4, -0.2) is 21.9 Å². The molecule has 7 heteroatoms. The van der Waals surface area contributed by atoms with Crippen molar-refractivity contribution in [1.82, 2.24) is 10.1 Å². The van der Waals surface area contributed by atoms with Gasteiger partial charge >= 0.3 is 6.61 Å². The van der Waals surface area contributed by atoms with E-state index in [1.54, 1.807) is 6.07 Å². The number of hydrogen-bond acceptors (Lipinski definition) is 5. The minimum atomic E-state index is -2.89. The van der Waals surface area contributed by atoms with Crippen LogP contribution in [0.3, 0.4) is 0 Å². The Morgan fingerprint density at radius 1 is 1.41 bits per heavy atom. The van der Waals surface area contributed by atoms with Gasteiger partial charge in [0, 0.05) is 5.56 Å². The van der Waals surface area contributed by atoms with E-state index >= 15 is 0 Å². The SMILES string of the molecule is OCc1noc(-c2cccc(OC(F)F)c2)n1. The predicted octanol–water partition coefficient (Wildman–Crippen LogP) is 1.83. The van der Waals surface area contributed by atoms with Crippen molar-refractivity contribution >= 4 is 0 Å². The number of nitrogens with zero attached hydrogens (tertiary/aromatic N) is 2. The number of halogens is 2. The summed E-state index contributed by atoms with van der Waals surface area (Å²) in [4.78, 5) is 3.85. The molecule has 5 nitrogen and oxygen atoms in total. The molecule has 0 spiro atoms. The van der Waals surface area contributed by atoms with Crippen molar-refractivity contribution in [2.45, 2.75) is 13.2 Å². The van der Waals surface area contributed by atoms with Crippen molar-refractivity contribution in [3.8, 4) is 17.2 Å². The summed E-state index contributed by atoms with van der Waals surface area (Å²) in [5.74, 6) is 0.259. The van der Waals surface area contributed by atoms with E-state index in [4.69, 9.17) is 9.63 Å². The van der Waals surface area contributed by atoms with Crippen molar-refractivity contribution in [3.05, 3.63) is 30.1 Å². The lowest BCUT2D eigenvalue weighted by molar-refractivity contribution is -0.0498. The lowest BCUT2D eigenvalue weighted by Crippen LogP contribution is -2.01. The van der Waals surface area contributed by atoms with Crippen LogP contribution in [0.4, 0.5) is 8.78 Å². The molecule has 90 valence electrons. The Kier molecular flexibility index (Phi) is 3.29. The second kappa shape index (κ2) is 4.88. The van der Waals surface area contributed by atoms with Crippen LogP contribution in [0.5, 0.6) is 5.75 Å². The normalized spacial score (nSPS) is 10.8. The Balaban J connectivity index is 2.26. The lowest BCUT2D eigenvalue weighted by atomic mass is 10.2. The summed E-state index contributed by atoms with van der Waals surface area (Å²) in [6.07, 6.45) is 0. The Morgan fingerprint density at radius 2 is 2.24 bits per heavy atom. The van der Waals surface area contributed by atoms with Crippen molar-refractivity contribution in [2.24, 2.45) is 0 Å². The fourth-order valence-electron chi connectivity index (χ4n) is 1.24. The van der Waals surface area contributed by atoms with Crippen molar-refractivity contribution in [1.29, 1.82) is 0 Å². The van der Waals surface area contributed by atoms with Crippen molar-refractivity contribution < 1.29 is 23.1 Å². The number of aliphatic hydroxyl groups excluding tert-OH is 1. The van der Waals surface area contributed by atoms with E-state index in [0.717, 1.165) is 0 Å². The first-order chi connectivity index (χ1) is 8.19. The zero-order valence-corrected chi connectivity index (χ0v) is 8.51. The summed E-state index contributed by atoms with van der Waals surface area (Å²) < 4.78 is 33.1. The minimum Gasteiger partial charge on any atom is -0.435 e. The highest BCUT2D eigenvalue weighted by atomic mass is 19.3. The molecule has 0 aliphatic heterocycles. The van der Waals surface area contributed by atoms with Gasteiger partial charge in [-0.1, -0.05) is 11.2 Å². The molecule has 0 radical (unpaired) electrons. The van der Waals surface area contributed by atoms with E-state index in [0.29, 0.717) is 5.56 Å². The van der Waals surface area contributed by atoms with Gasteiger partial charge in [0.25, 0.3) is 5.89 Å². The molecule has 0 atom stereocenters. The number of alkyl halides is 2. The van der Waals surface area contributed by atoms with E-state index in [9.17, 15) is 8.78 Å². The van der Waals surface area contributed by atoms with Gasteiger partial charge in [-0.15, -0.1) is 0 Å². The molecule has 2 aromatic rings. The molecule has 0 amide bonds. The Bertz CT molecular complexity index is 502. The van der Waals surface area contributed by atoms with Gasteiger partial charge in [-0.25, -0.2) is 0 Å². The zero-order valence-electron chi connectivity index (χ0n) is 8.51. The summed E-state index contributed by atoms with van der Waals surface area (Å²) in [5, 5.41) is 12.2. The molecule has 0 aliphatic carbocycles. The highest BCUT2D eigenvalue weighted by molar-refractivity contribution is 5.55. The van der Waals surface area contributed by atoms with Gasteiger partial charge in [-0.3, -0.25) is 0 Å². The quantitative estimate of drug-likeness (QED) is 0.885. The predicted molar refractivity (Wildman–Crippen MR) is 52.3 cm³/mol. The van der Waals surface area contributed by atoms with Gasteiger partial charge in [0.15, 0.2) is 5.82 Å². The van der Waals surface area contributed by atoms with Gasteiger partial charge < -0.3 is 14.4 Å². The van der Waals surface area contributed by atoms with Crippen LogP contribution in [-0.2, 0) is 6.61 Å². The monoisotopic (exact) mass is 242 g/mol. The Labute approximate surface area is 94.6 Å². The molecule has 2 rings (SSSR count). The topological polar surface area (TPSA) is 68.4 Å². The third kappa shape index (κ3) is 2.76. The number of rotatable bonds is 4. The molecule has 1 aromatic heterocycles. The van der Waals surface area contributed by atoms with Crippen LogP contribution in [0.25, 0.3) is 11.5 Å². The van der Waals surface area contributed by atoms with E-state index in [2.05, 4.69) is 14.9 Å². The first-order valence-electron chi connectivity index (χ1n) is 4.67. The highest BCUT2D eigenvalue weighted by Gasteiger charge is 2.10. The maximum atomic E-state index is 12.0. The van der Waals surface area contributed by atoms with Crippen LogP contribution in [0, 0.1) is 0 Å². The number of hydrogen-bond donors (Lipinski definition) is 1. The third-order valence-electron chi connectivity index (χ3n) is 1.92. The van der Waals surface area contributed by atoms with Gasteiger partial charge in [0.05, 0.1) is 0 Å². The van der Waals surface area contributed by atoms with Gasteiger partial charge in [0.2, 0.25) is 0 Å². The molecule has 1 aromatic carbocycles. The molecule has 0 saturated carbocycles. The molecule has 1 N–H and O–H groups in total. The van der Waals surface area contributed by atoms with Crippen molar-refractivity contribution in [3.63, 3.8) is 0 Å². The van der Waals surface area contributed by atoms with E-state index in [1.165, 1.54) is 18.2 Å². The molecule has 0 unspecified atom stereocenters. The number of aromatic nitrogens is 2. The minimum absolute atomic E-state index is 0.00116. The molecular formula is C10H8F2N2O3. The lowest BCUT2D eigenvalue weighted by Gasteiger charge is -2.04. The molecule has 0 bridgehead atoms. The largest absolute Gasteiger partial charge is 0.435 e. The van der Waals surface area contributed by atoms with E-state index < -0.39 is 6.61 Å². The van der Waals surface area contributed by atoms with Crippen LogP contribution in [0.2, 0.25) is 0 Å². The van der Waals surface area contributed by atoms with E-state index in [-0.39, 0.29) is 24.1 Å². The molecule has 17 heavy (non-hydrogen) atoms. The maximum absolute atomic E-state index is 12.0. The molecular weight excluding hydrogens is 234 g/mol. The second-order valence-corrected chi connectivity index (χ2v) is 3.08. The van der Waals surface area contributed by atoms with Crippen LogP contribution < -0.4 is 4.74 Å². The first-order valence-corrected chi connectivity index (χ1v) is 4.67. The fourth-order valence-corrected chi connectivity index (χ4v) is 1.24. The second-order valence-electron chi connectivity index (χ2n) is 3.08. The summed E-state index contributed by atoms with van der Waals surface area (Å²) in [5.41, 5.74) is 0.440. The first kappa shape index (κ1) is 11.5. The van der Waals surface area contributed by atoms with Gasteiger partial charge in [0.1, 0.15) is 12.4 Å². The smallest absolute Gasteiger partial charge is 0.387 e. The Morgan fingerprint density at radius 3 is 2.88 bits per heavy atom. The summed E-state index contributed by atoms with van der Waals surface area (Å²) in [7, 11) is 0. The molecule has 0 saturated heterocycles. The third-order valence-corrected chi connectivity index (χ3v) is 1.92. The highest BCUT2D eigenvalue weighted by Crippen LogP contribution is 2.23. The Hall–Kier alpha value is -2.02.